The fraction of sp³-hybridized carbons (Fsp3) is 0.200. The van der Waals surface area contributed by atoms with Gasteiger partial charge >= 0.3 is 5.97 Å². The van der Waals surface area contributed by atoms with Gasteiger partial charge in [0.05, 0.1) is 7.11 Å². The predicted molar refractivity (Wildman–Crippen MR) is 36.0 cm³/mol. The minimum atomic E-state index is -0.383. The van der Waals surface area contributed by atoms with Crippen LogP contribution in [0.1, 0.15) is 10.4 Å². The number of esters is 1. The van der Waals surface area contributed by atoms with Gasteiger partial charge in [0.25, 0.3) is 16.3 Å². The number of methoxy groups -OCH3 is 1. The molecule has 0 N–H and O–H groups in total. The molecule has 1 rings (SSSR count). The van der Waals surface area contributed by atoms with Gasteiger partial charge in [-0.2, -0.15) is 0 Å². The fourth-order valence-electron chi connectivity index (χ4n) is 0.598. The molecule has 0 aliphatic heterocycles. The molecule has 0 amide bonds. The number of carbonyl (C=O) groups excluding carboxylic acids is 1. The van der Waals surface area contributed by atoms with E-state index in [-0.39, 0.29) is 5.97 Å². The Kier molecular flexibility index (Phi) is 2.10. The summed E-state index contributed by atoms with van der Waals surface area (Å²) in [6, 6.07) is 0. The van der Waals surface area contributed by atoms with Crippen molar-refractivity contribution < 1.29 is 14.1 Å². The Morgan fingerprint density at radius 1 is 1.90 bits per heavy atom. The summed E-state index contributed by atoms with van der Waals surface area (Å²) in [5, 5.41) is 3.57. The Hall–Kier alpha value is -0.788. The van der Waals surface area contributed by atoms with Gasteiger partial charge in [-0.1, -0.05) is 0 Å². The lowest BCUT2D eigenvalue weighted by atomic mass is 10.4. The highest BCUT2D eigenvalue weighted by atomic mass is 27.0. The molecule has 0 spiro atoms. The van der Waals surface area contributed by atoms with E-state index in [4.69, 9.17) is 0 Å². The Morgan fingerprint density at radius 3 is 3.00 bits per heavy atom. The molecule has 5 heteroatoms. The van der Waals surface area contributed by atoms with Gasteiger partial charge in [-0.25, -0.2) is 4.79 Å². The van der Waals surface area contributed by atoms with Gasteiger partial charge in [0.1, 0.15) is 11.8 Å². The van der Waals surface area contributed by atoms with Crippen molar-refractivity contribution in [1.82, 2.24) is 5.16 Å². The number of carbonyl (C=O) groups is 1. The van der Waals surface area contributed by atoms with Crippen LogP contribution in [0, 0.1) is 0 Å². The number of hydrogen-bond donors (Lipinski definition) is 0. The molecule has 0 bridgehead atoms. The van der Waals surface area contributed by atoms with Crippen LogP contribution < -0.4 is 4.56 Å². The summed E-state index contributed by atoms with van der Waals surface area (Å²) >= 11 is 0.694. The first-order valence-electron chi connectivity index (χ1n) is 2.75. The molecule has 52 valence electrons. The van der Waals surface area contributed by atoms with Crippen LogP contribution in [0.2, 0.25) is 0 Å². The van der Waals surface area contributed by atoms with Crippen LogP contribution in [0.3, 0.4) is 0 Å². The first-order valence-corrected chi connectivity index (χ1v) is 3.75. The molecule has 1 heterocycles. The number of rotatable bonds is 1. The maximum atomic E-state index is 10.8. The van der Waals surface area contributed by atoms with Crippen molar-refractivity contribution in [3.8, 4) is 0 Å². The molecule has 0 fully saturated rings. The summed E-state index contributed by atoms with van der Waals surface area (Å²) in [5.74, 6) is -0.383. The Balaban J connectivity index is 2.93. The summed E-state index contributed by atoms with van der Waals surface area (Å²) < 4.78 is 9.70. The van der Waals surface area contributed by atoms with E-state index in [0.717, 1.165) is 0 Å². The van der Waals surface area contributed by atoms with Crippen LogP contribution in [0.4, 0.5) is 0 Å². The summed E-state index contributed by atoms with van der Waals surface area (Å²) in [6.07, 6.45) is 1.30. The van der Waals surface area contributed by atoms with Gasteiger partial charge in [0.15, 0.2) is 0 Å². The summed E-state index contributed by atoms with van der Waals surface area (Å²) in [4.78, 5) is 10.8. The lowest BCUT2D eigenvalue weighted by Crippen LogP contribution is -2.15. The average molecular weight is 155 g/mol. The Bertz CT molecular complexity index is 245. The highest BCUT2D eigenvalue weighted by molar-refractivity contribution is 6.34. The van der Waals surface area contributed by atoms with Crippen molar-refractivity contribution in [1.29, 1.82) is 0 Å². The van der Waals surface area contributed by atoms with Crippen LogP contribution in [0.25, 0.3) is 0 Å². The van der Waals surface area contributed by atoms with Crippen LogP contribution in [-0.2, 0) is 4.74 Å². The molecular formula is C5H6AlNO3. The zero-order valence-corrected chi connectivity index (χ0v) is 7.75. The van der Waals surface area contributed by atoms with Crippen molar-refractivity contribution in [2.75, 3.05) is 7.11 Å². The van der Waals surface area contributed by atoms with Gasteiger partial charge in [-0.05, 0) is 0 Å². The van der Waals surface area contributed by atoms with Crippen molar-refractivity contribution >= 4 is 26.8 Å². The Labute approximate surface area is 65.6 Å². The SMILES string of the molecule is COC(=O)c1con[c]1[AlH2]. The normalized spacial score (nSPS) is 9.30. The van der Waals surface area contributed by atoms with E-state index >= 15 is 0 Å². The zero-order valence-electron chi connectivity index (χ0n) is 5.75. The van der Waals surface area contributed by atoms with Crippen LogP contribution in [0.5, 0.6) is 0 Å². The lowest BCUT2D eigenvalue weighted by molar-refractivity contribution is 0.0601. The van der Waals surface area contributed by atoms with Gasteiger partial charge in [0.2, 0.25) is 0 Å². The summed E-state index contributed by atoms with van der Waals surface area (Å²) in [5.41, 5.74) is 0.439. The topological polar surface area (TPSA) is 52.3 Å². The summed E-state index contributed by atoms with van der Waals surface area (Å²) in [7, 11) is 1.33. The largest absolute Gasteiger partial charge is 0.465 e. The molecule has 0 unspecified atom stereocenters. The number of ether oxygens (including phenoxy) is 1. The van der Waals surface area contributed by atoms with Crippen molar-refractivity contribution in [3.63, 3.8) is 0 Å². The molecule has 0 aliphatic rings. The molecule has 1 aromatic rings. The fourth-order valence-corrected chi connectivity index (χ4v) is 1.03. The third kappa shape index (κ3) is 1.20. The van der Waals surface area contributed by atoms with E-state index in [2.05, 4.69) is 14.4 Å². The third-order valence-electron chi connectivity index (χ3n) is 1.16. The van der Waals surface area contributed by atoms with E-state index in [9.17, 15) is 4.79 Å². The van der Waals surface area contributed by atoms with Crippen LogP contribution >= 0.6 is 0 Å². The van der Waals surface area contributed by atoms with E-state index in [1.54, 1.807) is 0 Å². The van der Waals surface area contributed by atoms with E-state index in [1.165, 1.54) is 13.4 Å². The standard InChI is InChI=1S/C5H4NO3.Al.2H/c1-8-5(7)4-2-6-9-3-4;;;/h3H,1H3;;;. The van der Waals surface area contributed by atoms with Crippen molar-refractivity contribution in [2.24, 2.45) is 0 Å². The molecule has 0 aromatic carbocycles. The van der Waals surface area contributed by atoms with Gasteiger partial charge in [-0.15, -0.1) is 5.16 Å². The van der Waals surface area contributed by atoms with Gasteiger partial charge in [-0.3, -0.25) is 0 Å². The molecule has 10 heavy (non-hydrogen) atoms. The second-order valence-corrected chi connectivity index (χ2v) is 2.75. The quantitative estimate of drug-likeness (QED) is 0.374. The second-order valence-electron chi connectivity index (χ2n) is 1.81. The Morgan fingerprint density at radius 2 is 2.60 bits per heavy atom. The van der Waals surface area contributed by atoms with Crippen molar-refractivity contribution in [3.05, 3.63) is 11.8 Å². The molecular weight excluding hydrogens is 149 g/mol. The molecule has 0 atom stereocenters. The number of hydrogen-bond acceptors (Lipinski definition) is 4. The molecule has 1 aromatic heterocycles. The highest BCUT2D eigenvalue weighted by Gasteiger charge is 2.10. The summed E-state index contributed by atoms with van der Waals surface area (Å²) in [6.45, 7) is 0. The minimum absolute atomic E-state index is 0.383. The zero-order chi connectivity index (χ0) is 7.56. The number of aromatic nitrogens is 1. The molecule has 0 saturated heterocycles. The van der Waals surface area contributed by atoms with Crippen LogP contribution in [-0.4, -0.2) is 34.5 Å². The first-order chi connectivity index (χ1) is 4.75. The maximum absolute atomic E-state index is 10.8. The second kappa shape index (κ2) is 2.86. The van der Waals surface area contributed by atoms with Gasteiger partial charge < -0.3 is 9.26 Å². The lowest BCUT2D eigenvalue weighted by Gasteiger charge is -1.92. The minimum Gasteiger partial charge on any atom is -0.465 e. The molecule has 4 nitrogen and oxygen atoms in total. The monoisotopic (exact) mass is 155 g/mol. The van der Waals surface area contributed by atoms with Crippen molar-refractivity contribution in [2.45, 2.75) is 0 Å². The maximum Gasteiger partial charge on any atom is 0.341 e. The highest BCUT2D eigenvalue weighted by Crippen LogP contribution is 1.93. The smallest absolute Gasteiger partial charge is 0.341 e. The van der Waals surface area contributed by atoms with E-state index in [1.807, 2.05) is 0 Å². The number of nitrogens with zero attached hydrogens (tertiary/aromatic N) is 1. The molecule has 0 saturated carbocycles. The van der Waals surface area contributed by atoms with E-state index in [0.29, 0.717) is 26.4 Å². The van der Waals surface area contributed by atoms with E-state index < -0.39 is 0 Å². The predicted octanol–water partition coefficient (Wildman–Crippen LogP) is -1.28. The molecule has 0 radical (unpaired) electrons. The third-order valence-corrected chi connectivity index (χ3v) is 1.88. The average Bonchev–Trinajstić information content (AvgIpc) is 2.34. The van der Waals surface area contributed by atoms with Crippen LogP contribution in [0.15, 0.2) is 10.8 Å². The first kappa shape index (κ1) is 7.32. The van der Waals surface area contributed by atoms with Gasteiger partial charge in [0, 0.05) is 4.56 Å². The molecule has 0 aliphatic carbocycles.